The first-order valence-corrected chi connectivity index (χ1v) is 8.17. The summed E-state index contributed by atoms with van der Waals surface area (Å²) in [5.74, 6) is 0.856. The lowest BCUT2D eigenvalue weighted by Gasteiger charge is -2.37. The fraction of sp³-hybridized carbons (Fsp3) is 0.263. The van der Waals surface area contributed by atoms with E-state index in [4.69, 9.17) is 4.74 Å². The number of nitrogens with one attached hydrogen (secondary N) is 1. The Labute approximate surface area is 144 Å². The number of nitro groups is 1. The van der Waals surface area contributed by atoms with Crippen LogP contribution in [0.3, 0.4) is 0 Å². The second kappa shape index (κ2) is 5.81. The number of rotatable bonds is 3. The SMILES string of the molecule is COc1cccc(C2Nc3ccc([N+](=O)[O-])cc3C3C=CCC32)c1O. The number of anilines is 1. The Hall–Kier alpha value is -3.02. The normalized spacial score (nSPS) is 23.5. The predicted octanol–water partition coefficient (Wildman–Crippen LogP) is 4.14. The molecule has 0 amide bonds. The second-order valence-corrected chi connectivity index (χ2v) is 6.40. The van der Waals surface area contributed by atoms with Crippen LogP contribution < -0.4 is 10.1 Å². The van der Waals surface area contributed by atoms with E-state index < -0.39 is 0 Å². The zero-order valence-corrected chi connectivity index (χ0v) is 13.7. The van der Waals surface area contributed by atoms with Gasteiger partial charge in [-0.25, -0.2) is 0 Å². The molecule has 3 unspecified atom stereocenters. The van der Waals surface area contributed by atoms with Crippen molar-refractivity contribution in [1.29, 1.82) is 0 Å². The summed E-state index contributed by atoms with van der Waals surface area (Å²) in [5, 5.41) is 25.1. The number of methoxy groups -OCH3 is 1. The van der Waals surface area contributed by atoms with Gasteiger partial charge in [-0.2, -0.15) is 0 Å². The quantitative estimate of drug-likeness (QED) is 0.499. The Morgan fingerprint density at radius 2 is 2.12 bits per heavy atom. The van der Waals surface area contributed by atoms with E-state index in [0.29, 0.717) is 5.75 Å². The second-order valence-electron chi connectivity index (χ2n) is 6.40. The van der Waals surface area contributed by atoms with Crippen molar-refractivity contribution in [3.05, 3.63) is 69.8 Å². The van der Waals surface area contributed by atoms with E-state index in [1.54, 1.807) is 18.2 Å². The number of allylic oxidation sites excluding steroid dienone is 2. The molecular weight excluding hydrogens is 320 g/mol. The summed E-state index contributed by atoms with van der Waals surface area (Å²) in [6.45, 7) is 0. The van der Waals surface area contributed by atoms with Crippen LogP contribution in [-0.2, 0) is 0 Å². The number of aromatic hydroxyl groups is 1. The van der Waals surface area contributed by atoms with Crippen molar-refractivity contribution < 1.29 is 14.8 Å². The third-order valence-electron chi connectivity index (χ3n) is 5.14. The number of ether oxygens (including phenoxy) is 1. The Kier molecular flexibility index (Phi) is 3.60. The zero-order chi connectivity index (χ0) is 17.6. The third kappa shape index (κ3) is 2.41. The highest BCUT2D eigenvalue weighted by molar-refractivity contribution is 5.64. The molecule has 1 aliphatic carbocycles. The van der Waals surface area contributed by atoms with Crippen LogP contribution in [0.15, 0.2) is 48.6 Å². The summed E-state index contributed by atoms with van der Waals surface area (Å²) in [7, 11) is 1.53. The molecule has 4 rings (SSSR count). The van der Waals surface area contributed by atoms with Crippen LogP contribution in [0.25, 0.3) is 0 Å². The first-order chi connectivity index (χ1) is 12.1. The van der Waals surface area contributed by atoms with Gasteiger partial charge in [-0.3, -0.25) is 10.1 Å². The van der Waals surface area contributed by atoms with E-state index in [1.165, 1.54) is 13.2 Å². The van der Waals surface area contributed by atoms with Crippen LogP contribution in [0.2, 0.25) is 0 Å². The van der Waals surface area contributed by atoms with E-state index in [2.05, 4.69) is 17.5 Å². The Bertz CT molecular complexity index is 878. The highest BCUT2D eigenvalue weighted by Gasteiger charge is 2.39. The van der Waals surface area contributed by atoms with E-state index in [9.17, 15) is 15.2 Å². The van der Waals surface area contributed by atoms with Crippen LogP contribution >= 0.6 is 0 Å². The molecule has 2 N–H and O–H groups in total. The molecular formula is C19H18N2O4. The number of para-hydroxylation sites is 1. The summed E-state index contributed by atoms with van der Waals surface area (Å²) in [4.78, 5) is 10.7. The van der Waals surface area contributed by atoms with E-state index in [-0.39, 0.29) is 34.2 Å². The highest BCUT2D eigenvalue weighted by atomic mass is 16.6. The molecule has 0 saturated heterocycles. The summed E-state index contributed by atoms with van der Waals surface area (Å²) in [6.07, 6.45) is 5.06. The lowest BCUT2D eigenvalue weighted by molar-refractivity contribution is -0.384. The molecule has 2 aromatic carbocycles. The van der Waals surface area contributed by atoms with Gasteiger partial charge in [0.1, 0.15) is 0 Å². The smallest absolute Gasteiger partial charge is 0.269 e. The summed E-state index contributed by atoms with van der Waals surface area (Å²) in [6, 6.07) is 10.3. The molecule has 2 aromatic rings. The number of fused-ring (bicyclic) bond motifs is 3. The lowest BCUT2D eigenvalue weighted by atomic mass is 9.76. The number of nitro benzene ring substituents is 1. The minimum absolute atomic E-state index is 0.0896. The molecule has 2 aliphatic rings. The van der Waals surface area contributed by atoms with Crippen molar-refractivity contribution in [2.45, 2.75) is 18.4 Å². The number of benzene rings is 2. The van der Waals surface area contributed by atoms with Crippen LogP contribution in [0.1, 0.15) is 29.5 Å². The van der Waals surface area contributed by atoms with Crippen LogP contribution in [0, 0.1) is 16.0 Å². The number of hydrogen-bond acceptors (Lipinski definition) is 5. The highest BCUT2D eigenvalue weighted by Crippen LogP contribution is 2.52. The fourth-order valence-electron chi connectivity index (χ4n) is 3.96. The van der Waals surface area contributed by atoms with Gasteiger partial charge in [0.15, 0.2) is 11.5 Å². The maximum Gasteiger partial charge on any atom is 0.269 e. The van der Waals surface area contributed by atoms with E-state index in [0.717, 1.165) is 23.2 Å². The molecule has 0 radical (unpaired) electrons. The third-order valence-corrected chi connectivity index (χ3v) is 5.14. The summed E-state index contributed by atoms with van der Waals surface area (Å²) >= 11 is 0. The number of phenols is 1. The average molecular weight is 338 g/mol. The molecule has 128 valence electrons. The number of phenolic OH excluding ortho intramolecular Hbond substituents is 1. The van der Waals surface area contributed by atoms with Gasteiger partial charge in [0.2, 0.25) is 0 Å². The van der Waals surface area contributed by atoms with Crippen molar-refractivity contribution in [3.63, 3.8) is 0 Å². The topological polar surface area (TPSA) is 84.6 Å². The molecule has 0 spiro atoms. The minimum atomic E-state index is -0.367. The average Bonchev–Trinajstić information content (AvgIpc) is 3.11. The molecule has 0 fully saturated rings. The molecule has 3 atom stereocenters. The van der Waals surface area contributed by atoms with Gasteiger partial charge in [-0.05, 0) is 30.0 Å². The maximum absolute atomic E-state index is 11.1. The number of nitrogens with zero attached hydrogens (tertiary/aromatic N) is 1. The van der Waals surface area contributed by atoms with Crippen LogP contribution in [-0.4, -0.2) is 17.1 Å². The molecule has 1 aliphatic heterocycles. The fourth-order valence-corrected chi connectivity index (χ4v) is 3.96. The molecule has 0 saturated carbocycles. The Morgan fingerprint density at radius 1 is 1.28 bits per heavy atom. The summed E-state index contributed by atoms with van der Waals surface area (Å²) < 4.78 is 5.23. The Balaban J connectivity index is 1.80. The minimum Gasteiger partial charge on any atom is -0.504 e. The van der Waals surface area contributed by atoms with Gasteiger partial charge in [0.25, 0.3) is 5.69 Å². The van der Waals surface area contributed by atoms with Crippen molar-refractivity contribution in [2.24, 2.45) is 5.92 Å². The molecule has 1 heterocycles. The monoisotopic (exact) mass is 338 g/mol. The molecule has 6 nitrogen and oxygen atoms in total. The number of non-ortho nitro benzene ring substituents is 1. The number of hydrogen-bond donors (Lipinski definition) is 2. The van der Waals surface area contributed by atoms with Gasteiger partial charge in [-0.1, -0.05) is 24.3 Å². The van der Waals surface area contributed by atoms with E-state index >= 15 is 0 Å². The van der Waals surface area contributed by atoms with Gasteiger partial charge >= 0.3 is 0 Å². The standard InChI is InChI=1S/C19H18N2O4/c1-25-17-7-3-6-14(19(17)22)18-13-5-2-4-12(13)15-10-11(21(23)24)8-9-16(15)20-18/h2-4,6-10,12-13,18,20,22H,5H2,1H3. The zero-order valence-electron chi connectivity index (χ0n) is 13.7. The molecule has 0 aromatic heterocycles. The molecule has 0 bridgehead atoms. The molecule has 25 heavy (non-hydrogen) atoms. The van der Waals surface area contributed by atoms with Crippen molar-refractivity contribution >= 4 is 11.4 Å². The van der Waals surface area contributed by atoms with Gasteiger partial charge in [0.05, 0.1) is 18.1 Å². The maximum atomic E-state index is 11.1. The predicted molar refractivity (Wildman–Crippen MR) is 94.1 cm³/mol. The Morgan fingerprint density at radius 3 is 2.88 bits per heavy atom. The van der Waals surface area contributed by atoms with E-state index in [1.807, 2.05) is 12.1 Å². The first kappa shape index (κ1) is 15.5. The lowest BCUT2D eigenvalue weighted by Crippen LogP contribution is -2.29. The van der Waals surface area contributed by atoms with Crippen molar-refractivity contribution in [2.75, 3.05) is 12.4 Å². The van der Waals surface area contributed by atoms with Gasteiger partial charge < -0.3 is 15.2 Å². The van der Waals surface area contributed by atoms with Crippen molar-refractivity contribution in [1.82, 2.24) is 0 Å². The van der Waals surface area contributed by atoms with Crippen LogP contribution in [0.4, 0.5) is 11.4 Å². The van der Waals surface area contributed by atoms with Crippen molar-refractivity contribution in [3.8, 4) is 11.5 Å². The largest absolute Gasteiger partial charge is 0.504 e. The van der Waals surface area contributed by atoms with Gasteiger partial charge in [-0.15, -0.1) is 0 Å². The van der Waals surface area contributed by atoms with Gasteiger partial charge in [0, 0.05) is 29.3 Å². The summed E-state index contributed by atoms with van der Waals surface area (Å²) in [5.41, 5.74) is 2.68. The first-order valence-electron chi connectivity index (χ1n) is 8.17. The molecule has 6 heteroatoms. The van der Waals surface area contributed by atoms with Crippen LogP contribution in [0.5, 0.6) is 11.5 Å².